The van der Waals surface area contributed by atoms with E-state index in [2.05, 4.69) is 5.32 Å². The number of sulfonamides is 1. The monoisotopic (exact) mass is 709 g/mol. The molecule has 4 aromatic carbocycles. The number of amides is 2. The number of hydrogen-bond donors (Lipinski definition) is 1. The molecule has 0 unspecified atom stereocenters. The van der Waals surface area contributed by atoms with Crippen LogP contribution < -0.4 is 9.62 Å². The van der Waals surface area contributed by atoms with Crippen molar-refractivity contribution in [2.45, 2.75) is 69.0 Å². The summed E-state index contributed by atoms with van der Waals surface area (Å²) in [6.07, 6.45) is 4.92. The highest BCUT2D eigenvalue weighted by Gasteiger charge is 2.36. The van der Waals surface area contributed by atoms with Gasteiger partial charge in [0.2, 0.25) is 11.8 Å². The van der Waals surface area contributed by atoms with Crippen molar-refractivity contribution in [3.8, 4) is 0 Å². The van der Waals surface area contributed by atoms with Crippen molar-refractivity contribution < 1.29 is 22.4 Å². The molecule has 0 radical (unpaired) electrons. The second-order valence-electron chi connectivity index (χ2n) is 12.1. The third-order valence-corrected chi connectivity index (χ3v) is 11.1. The van der Waals surface area contributed by atoms with Crippen molar-refractivity contribution in [3.05, 3.63) is 130 Å². The number of nitrogens with one attached hydrogen (secondary N) is 1. The van der Waals surface area contributed by atoms with E-state index in [9.17, 15) is 18.0 Å². The molecule has 1 N–H and O–H groups in total. The highest BCUT2D eigenvalue weighted by Crippen LogP contribution is 2.29. The van der Waals surface area contributed by atoms with E-state index < -0.39 is 34.3 Å². The smallest absolute Gasteiger partial charge is 0.264 e. The van der Waals surface area contributed by atoms with Gasteiger partial charge in [-0.25, -0.2) is 12.8 Å². The Bertz CT molecular complexity index is 1840. The highest BCUT2D eigenvalue weighted by atomic mass is 35.5. The quantitative estimate of drug-likeness (QED) is 0.163. The molecule has 5 rings (SSSR count). The van der Waals surface area contributed by atoms with Crippen LogP contribution in [0.3, 0.4) is 0 Å². The molecule has 7 nitrogen and oxygen atoms in total. The fourth-order valence-electron chi connectivity index (χ4n) is 5.94. The second-order valence-corrected chi connectivity index (χ2v) is 14.8. The Labute approximate surface area is 291 Å². The van der Waals surface area contributed by atoms with Crippen LogP contribution in [0.15, 0.2) is 102 Å². The molecule has 0 spiro atoms. The summed E-state index contributed by atoms with van der Waals surface area (Å²) in [5.74, 6) is -1.86. The summed E-state index contributed by atoms with van der Waals surface area (Å²) in [6, 6.07) is 24.7. The van der Waals surface area contributed by atoms with Gasteiger partial charge < -0.3 is 10.2 Å². The van der Waals surface area contributed by atoms with E-state index in [1.807, 2.05) is 37.3 Å². The van der Waals surface area contributed by atoms with Crippen LogP contribution in [0.1, 0.15) is 48.8 Å². The molecule has 0 saturated heterocycles. The Morgan fingerprint density at radius 1 is 0.854 bits per heavy atom. The fraction of sp³-hybridized carbons (Fsp3) is 0.297. The first-order chi connectivity index (χ1) is 23.0. The number of nitrogens with zero attached hydrogens (tertiary/aromatic N) is 2. The van der Waals surface area contributed by atoms with Crippen LogP contribution in [0.4, 0.5) is 10.1 Å². The molecule has 1 aliphatic rings. The molecule has 0 bridgehead atoms. The molecular weight excluding hydrogens is 672 g/mol. The first kappa shape index (κ1) is 35.4. The van der Waals surface area contributed by atoms with Crippen molar-refractivity contribution in [2.75, 3.05) is 10.8 Å². The summed E-state index contributed by atoms with van der Waals surface area (Å²) < 4.78 is 44.4. The molecule has 2 amide bonds. The van der Waals surface area contributed by atoms with E-state index in [0.717, 1.165) is 53.6 Å². The lowest BCUT2D eigenvalue weighted by Crippen LogP contribution is -2.55. The molecule has 0 heterocycles. The lowest BCUT2D eigenvalue weighted by atomic mass is 9.94. The van der Waals surface area contributed by atoms with Crippen molar-refractivity contribution >= 4 is 50.7 Å². The number of anilines is 1. The van der Waals surface area contributed by atoms with Gasteiger partial charge in [0.05, 0.1) is 20.6 Å². The Morgan fingerprint density at radius 2 is 1.52 bits per heavy atom. The largest absolute Gasteiger partial charge is 0.352 e. The molecule has 1 fully saturated rings. The maximum Gasteiger partial charge on any atom is 0.264 e. The van der Waals surface area contributed by atoms with Gasteiger partial charge >= 0.3 is 0 Å². The summed E-state index contributed by atoms with van der Waals surface area (Å²) in [5, 5.41) is 3.75. The standard InChI is InChI=1S/C37H38Cl2FN3O4S/c1-26-16-19-30(20-17-26)48(46,47)43(34-15-9-8-14-33(34)40)25-36(44)42(24-28-18-21-31(38)32(39)22-28)35(23-27-10-4-2-5-11-27)37(45)41-29-12-6-3-7-13-29/h2,4-5,8-11,14-22,29,35H,3,6-7,12-13,23-25H2,1H3,(H,41,45)/t35-/m0/s1. The molecule has 1 aliphatic carbocycles. The number of hydrogen-bond acceptors (Lipinski definition) is 4. The number of aryl methyl sites for hydroxylation is 1. The average molecular weight is 711 g/mol. The topological polar surface area (TPSA) is 86.8 Å². The van der Waals surface area contributed by atoms with E-state index in [0.29, 0.717) is 10.6 Å². The van der Waals surface area contributed by atoms with Crippen LogP contribution in [-0.4, -0.2) is 43.8 Å². The van der Waals surface area contributed by atoms with Crippen LogP contribution in [0.25, 0.3) is 0 Å². The summed E-state index contributed by atoms with van der Waals surface area (Å²) in [4.78, 5) is 30.1. The zero-order chi connectivity index (χ0) is 34.3. The molecule has 252 valence electrons. The van der Waals surface area contributed by atoms with Crippen molar-refractivity contribution in [3.63, 3.8) is 0 Å². The number of halogens is 3. The van der Waals surface area contributed by atoms with E-state index in [4.69, 9.17) is 23.2 Å². The van der Waals surface area contributed by atoms with E-state index in [-0.39, 0.29) is 40.5 Å². The zero-order valence-corrected chi connectivity index (χ0v) is 28.9. The molecule has 1 saturated carbocycles. The van der Waals surface area contributed by atoms with Gasteiger partial charge in [-0.15, -0.1) is 0 Å². The third-order valence-electron chi connectivity index (χ3n) is 8.57. The average Bonchev–Trinajstić information content (AvgIpc) is 3.08. The normalized spacial score (nSPS) is 14.2. The van der Waals surface area contributed by atoms with Gasteiger partial charge in [-0.05, 0) is 67.3 Å². The molecular formula is C37H38Cl2FN3O4S. The SMILES string of the molecule is Cc1ccc(S(=O)(=O)N(CC(=O)N(Cc2ccc(Cl)c(Cl)c2)[C@@H](Cc2ccccc2)C(=O)NC2CCCCC2)c2ccccc2F)cc1. The van der Waals surface area contributed by atoms with Crippen LogP contribution in [0.2, 0.25) is 10.0 Å². The minimum atomic E-state index is -4.43. The number of para-hydroxylation sites is 1. The maximum absolute atomic E-state index is 15.3. The summed E-state index contributed by atoms with van der Waals surface area (Å²) in [5.41, 5.74) is 1.95. The van der Waals surface area contributed by atoms with Crippen LogP contribution in [0.5, 0.6) is 0 Å². The third kappa shape index (κ3) is 8.75. The Kier molecular flexibility index (Phi) is 11.8. The lowest BCUT2D eigenvalue weighted by Gasteiger charge is -2.35. The first-order valence-corrected chi connectivity index (χ1v) is 18.1. The Morgan fingerprint density at radius 3 is 2.19 bits per heavy atom. The number of carbonyl (C=O) groups excluding carboxylic acids is 2. The van der Waals surface area contributed by atoms with Gasteiger partial charge in [0.1, 0.15) is 18.4 Å². The van der Waals surface area contributed by atoms with E-state index >= 15 is 4.39 Å². The zero-order valence-electron chi connectivity index (χ0n) is 26.6. The van der Waals surface area contributed by atoms with Crippen LogP contribution in [-0.2, 0) is 32.6 Å². The van der Waals surface area contributed by atoms with Gasteiger partial charge in [0.25, 0.3) is 10.0 Å². The Hall–Kier alpha value is -3.92. The molecule has 4 aromatic rings. The van der Waals surface area contributed by atoms with E-state index in [1.54, 1.807) is 30.3 Å². The molecule has 0 aliphatic heterocycles. The van der Waals surface area contributed by atoms with Crippen molar-refractivity contribution in [1.82, 2.24) is 10.2 Å². The predicted molar refractivity (Wildman–Crippen MR) is 188 cm³/mol. The second kappa shape index (κ2) is 16.0. The molecule has 11 heteroatoms. The van der Waals surface area contributed by atoms with E-state index in [1.165, 1.54) is 35.2 Å². The predicted octanol–water partition coefficient (Wildman–Crippen LogP) is 7.73. The summed E-state index contributed by atoms with van der Waals surface area (Å²) in [6.45, 7) is 0.974. The first-order valence-electron chi connectivity index (χ1n) is 15.9. The van der Waals surface area contributed by atoms with Crippen LogP contribution in [0, 0.1) is 12.7 Å². The van der Waals surface area contributed by atoms with Gasteiger partial charge in [0, 0.05) is 19.0 Å². The van der Waals surface area contributed by atoms with Gasteiger partial charge in [-0.3, -0.25) is 13.9 Å². The van der Waals surface area contributed by atoms with Gasteiger partial charge in [-0.2, -0.15) is 0 Å². The summed E-state index contributed by atoms with van der Waals surface area (Å²) >= 11 is 12.5. The minimum Gasteiger partial charge on any atom is -0.352 e. The molecule has 0 aromatic heterocycles. The number of carbonyl (C=O) groups is 2. The molecule has 48 heavy (non-hydrogen) atoms. The number of rotatable bonds is 12. The fourth-order valence-corrected chi connectivity index (χ4v) is 7.68. The van der Waals surface area contributed by atoms with Crippen molar-refractivity contribution in [1.29, 1.82) is 0 Å². The van der Waals surface area contributed by atoms with Gasteiger partial charge in [-0.1, -0.05) is 109 Å². The minimum absolute atomic E-state index is 0.0386. The van der Waals surface area contributed by atoms with Crippen molar-refractivity contribution in [2.24, 2.45) is 0 Å². The summed E-state index contributed by atoms with van der Waals surface area (Å²) in [7, 11) is -4.43. The highest BCUT2D eigenvalue weighted by molar-refractivity contribution is 7.92. The Balaban J connectivity index is 1.58. The maximum atomic E-state index is 15.3. The van der Waals surface area contributed by atoms with Crippen LogP contribution >= 0.6 is 23.2 Å². The van der Waals surface area contributed by atoms with Gasteiger partial charge in [0.15, 0.2) is 0 Å². The molecule has 1 atom stereocenters. The number of benzene rings is 4. The lowest BCUT2D eigenvalue weighted by molar-refractivity contribution is -0.140.